The molecule has 1 fully saturated rings. The zero-order valence-corrected chi connectivity index (χ0v) is 6.12. The molecule has 2 N–H and O–H groups in total. The average Bonchev–Trinajstić information content (AvgIpc) is 2.63. The van der Waals surface area contributed by atoms with E-state index in [2.05, 4.69) is 9.82 Å². The van der Waals surface area contributed by atoms with E-state index in [1.165, 1.54) is 6.39 Å². The zero-order chi connectivity index (χ0) is 7.73. The van der Waals surface area contributed by atoms with Crippen molar-refractivity contribution in [3.05, 3.63) is 18.4 Å². The van der Waals surface area contributed by atoms with Gasteiger partial charge in [0.05, 0.1) is 18.2 Å². The molecule has 0 saturated heterocycles. The van der Waals surface area contributed by atoms with Gasteiger partial charge >= 0.3 is 0 Å². The minimum absolute atomic E-state index is 0.0469. The van der Waals surface area contributed by atoms with Gasteiger partial charge in [-0.05, 0) is 12.8 Å². The summed E-state index contributed by atoms with van der Waals surface area (Å²) in [6.07, 6.45) is 5.33. The van der Waals surface area contributed by atoms with Gasteiger partial charge in [-0.25, -0.2) is 10.9 Å². The van der Waals surface area contributed by atoms with Crippen LogP contribution in [-0.4, -0.2) is 11.6 Å². The number of aromatic nitrogens is 1. The molecule has 4 heteroatoms. The van der Waals surface area contributed by atoms with Gasteiger partial charge in [0, 0.05) is 0 Å². The van der Waals surface area contributed by atoms with Crippen LogP contribution in [-0.2, 0) is 10.3 Å². The predicted octanol–water partition coefficient (Wildman–Crippen LogP) is 0.596. The molecular weight excluding hydrogens is 144 g/mol. The number of hydrogen-bond acceptors (Lipinski definition) is 4. The number of nitrogens with two attached hydrogens (primary N) is 1. The molecule has 4 nitrogen and oxygen atoms in total. The van der Waals surface area contributed by atoms with Gasteiger partial charge in [-0.3, -0.25) is 0 Å². The van der Waals surface area contributed by atoms with Gasteiger partial charge in [-0.15, -0.1) is 0 Å². The molecule has 0 aromatic carbocycles. The third-order valence-corrected chi connectivity index (χ3v) is 2.17. The van der Waals surface area contributed by atoms with Crippen LogP contribution < -0.4 is 5.90 Å². The molecule has 0 radical (unpaired) electrons. The van der Waals surface area contributed by atoms with Crippen molar-refractivity contribution in [2.75, 3.05) is 6.61 Å². The Bertz CT molecular complexity index is 229. The molecule has 1 aliphatic rings. The Balaban J connectivity index is 2.15. The number of rotatable bonds is 3. The normalized spacial score (nSPS) is 20.1. The fourth-order valence-corrected chi connectivity index (χ4v) is 1.25. The summed E-state index contributed by atoms with van der Waals surface area (Å²) in [5.41, 5.74) is 0.0469. The fourth-order valence-electron chi connectivity index (χ4n) is 1.25. The molecule has 0 aliphatic heterocycles. The summed E-state index contributed by atoms with van der Waals surface area (Å²) in [5.74, 6) is 5.89. The molecule has 1 aliphatic carbocycles. The maximum absolute atomic E-state index is 5.17. The Morgan fingerprint density at radius 1 is 1.73 bits per heavy atom. The van der Waals surface area contributed by atoms with Gasteiger partial charge in [-0.1, -0.05) is 0 Å². The highest BCUT2D eigenvalue weighted by Crippen LogP contribution is 2.47. The molecule has 0 bridgehead atoms. The zero-order valence-electron chi connectivity index (χ0n) is 6.12. The third kappa shape index (κ3) is 1.04. The second kappa shape index (κ2) is 2.32. The van der Waals surface area contributed by atoms with E-state index in [4.69, 9.17) is 10.3 Å². The SMILES string of the molecule is NOCC1(c2cnco2)CC1. The minimum atomic E-state index is 0.0469. The first kappa shape index (κ1) is 6.82. The monoisotopic (exact) mass is 154 g/mol. The summed E-state index contributed by atoms with van der Waals surface area (Å²) in [6.45, 7) is 0.530. The summed E-state index contributed by atoms with van der Waals surface area (Å²) < 4.78 is 5.17. The van der Waals surface area contributed by atoms with E-state index in [1.807, 2.05) is 0 Å². The number of oxazole rings is 1. The van der Waals surface area contributed by atoms with Crippen LogP contribution in [0.4, 0.5) is 0 Å². The van der Waals surface area contributed by atoms with Gasteiger partial charge in [0.15, 0.2) is 6.39 Å². The van der Waals surface area contributed by atoms with Crippen molar-refractivity contribution in [3.63, 3.8) is 0 Å². The van der Waals surface area contributed by atoms with Crippen molar-refractivity contribution < 1.29 is 9.25 Å². The van der Waals surface area contributed by atoms with Crippen LogP contribution >= 0.6 is 0 Å². The highest BCUT2D eigenvalue weighted by molar-refractivity contribution is 5.19. The first-order chi connectivity index (χ1) is 5.37. The molecule has 0 spiro atoms. The molecule has 1 saturated carbocycles. The van der Waals surface area contributed by atoms with Crippen molar-refractivity contribution >= 4 is 0 Å². The second-order valence-electron chi connectivity index (χ2n) is 2.96. The van der Waals surface area contributed by atoms with Crippen molar-refractivity contribution in [2.24, 2.45) is 5.90 Å². The number of hydrogen-bond donors (Lipinski definition) is 1. The van der Waals surface area contributed by atoms with Gasteiger partial charge < -0.3 is 9.25 Å². The molecule has 60 valence electrons. The Morgan fingerprint density at radius 3 is 3.00 bits per heavy atom. The summed E-state index contributed by atoms with van der Waals surface area (Å²) in [5, 5.41) is 0. The lowest BCUT2D eigenvalue weighted by Crippen LogP contribution is -2.17. The van der Waals surface area contributed by atoms with Gasteiger partial charge in [0.2, 0.25) is 0 Å². The summed E-state index contributed by atoms with van der Waals surface area (Å²) >= 11 is 0. The van der Waals surface area contributed by atoms with E-state index in [9.17, 15) is 0 Å². The molecule has 0 unspecified atom stereocenters. The molecule has 11 heavy (non-hydrogen) atoms. The molecule has 1 aromatic rings. The smallest absolute Gasteiger partial charge is 0.180 e. The van der Waals surface area contributed by atoms with E-state index in [0.717, 1.165) is 18.6 Å². The Hall–Kier alpha value is -0.870. The maximum Gasteiger partial charge on any atom is 0.180 e. The topological polar surface area (TPSA) is 61.3 Å². The molecular formula is C7H10N2O2. The van der Waals surface area contributed by atoms with Crippen molar-refractivity contribution in [2.45, 2.75) is 18.3 Å². The van der Waals surface area contributed by atoms with Crippen LogP contribution in [0.1, 0.15) is 18.6 Å². The van der Waals surface area contributed by atoms with Crippen molar-refractivity contribution in [1.82, 2.24) is 4.98 Å². The lowest BCUT2D eigenvalue weighted by Gasteiger charge is -2.07. The molecule has 0 atom stereocenters. The average molecular weight is 154 g/mol. The molecule has 0 amide bonds. The Kier molecular flexibility index (Phi) is 1.44. The van der Waals surface area contributed by atoms with Crippen molar-refractivity contribution in [3.8, 4) is 0 Å². The lowest BCUT2D eigenvalue weighted by molar-refractivity contribution is 0.109. The Morgan fingerprint density at radius 2 is 2.55 bits per heavy atom. The molecule has 1 aromatic heterocycles. The van der Waals surface area contributed by atoms with E-state index in [1.54, 1.807) is 6.20 Å². The first-order valence-corrected chi connectivity index (χ1v) is 3.58. The van der Waals surface area contributed by atoms with Gasteiger partial charge in [0.1, 0.15) is 5.76 Å². The molecule has 2 rings (SSSR count). The van der Waals surface area contributed by atoms with Crippen LogP contribution in [0.3, 0.4) is 0 Å². The fraction of sp³-hybridized carbons (Fsp3) is 0.571. The van der Waals surface area contributed by atoms with Crippen molar-refractivity contribution in [1.29, 1.82) is 0 Å². The first-order valence-electron chi connectivity index (χ1n) is 3.58. The highest BCUT2D eigenvalue weighted by atomic mass is 16.6. The summed E-state index contributed by atoms with van der Waals surface area (Å²) in [4.78, 5) is 8.45. The molecule has 1 heterocycles. The predicted molar refractivity (Wildman–Crippen MR) is 37.6 cm³/mol. The van der Waals surface area contributed by atoms with E-state index in [-0.39, 0.29) is 5.41 Å². The number of nitrogens with zero attached hydrogens (tertiary/aromatic N) is 1. The standard InChI is InChI=1S/C7H10N2O2/c8-11-4-7(1-2-7)6-3-9-5-10-6/h3,5H,1-2,4,8H2. The van der Waals surface area contributed by atoms with Crippen LogP contribution in [0.5, 0.6) is 0 Å². The summed E-state index contributed by atoms with van der Waals surface area (Å²) in [6, 6.07) is 0. The third-order valence-electron chi connectivity index (χ3n) is 2.17. The van der Waals surface area contributed by atoms with Crippen LogP contribution in [0, 0.1) is 0 Å². The second-order valence-corrected chi connectivity index (χ2v) is 2.96. The summed E-state index contributed by atoms with van der Waals surface area (Å²) in [7, 11) is 0. The van der Waals surface area contributed by atoms with Gasteiger partial charge in [-0.2, -0.15) is 0 Å². The van der Waals surface area contributed by atoms with Crippen LogP contribution in [0.25, 0.3) is 0 Å². The van der Waals surface area contributed by atoms with E-state index in [0.29, 0.717) is 6.61 Å². The van der Waals surface area contributed by atoms with Crippen LogP contribution in [0.2, 0.25) is 0 Å². The lowest BCUT2D eigenvalue weighted by atomic mass is 10.1. The van der Waals surface area contributed by atoms with E-state index < -0.39 is 0 Å². The van der Waals surface area contributed by atoms with Crippen LogP contribution in [0.15, 0.2) is 17.0 Å². The minimum Gasteiger partial charge on any atom is -0.448 e. The quantitative estimate of drug-likeness (QED) is 0.647. The Labute approximate surface area is 64.3 Å². The van der Waals surface area contributed by atoms with E-state index >= 15 is 0 Å². The highest BCUT2D eigenvalue weighted by Gasteiger charge is 2.47. The van der Waals surface area contributed by atoms with Gasteiger partial charge in [0.25, 0.3) is 0 Å². The largest absolute Gasteiger partial charge is 0.448 e. The maximum atomic E-state index is 5.17.